The number of anilines is 2. The summed E-state index contributed by atoms with van der Waals surface area (Å²) >= 11 is 0. The minimum Gasteiger partial charge on any atom is -0.399 e. The highest BCUT2D eigenvalue weighted by Gasteiger charge is 2.42. The molecule has 1 atom stereocenters. The number of piperidine rings is 1. The fourth-order valence-corrected chi connectivity index (χ4v) is 2.24. The molecule has 0 aliphatic carbocycles. The lowest BCUT2D eigenvalue weighted by molar-refractivity contribution is -0.176. The van der Waals surface area contributed by atoms with Crippen LogP contribution >= 0.6 is 0 Å². The molecule has 6 heteroatoms. The van der Waals surface area contributed by atoms with Gasteiger partial charge >= 0.3 is 6.18 Å². The zero-order valence-corrected chi connectivity index (χ0v) is 9.67. The standard InChI is InChI=1S/C12H14F4N2/c13-10-6-9(17)3-4-11(10)18-5-1-2-8(7-18)12(14,15)16/h3-4,6,8H,1-2,5,7,17H2. The van der Waals surface area contributed by atoms with Gasteiger partial charge in [0, 0.05) is 18.8 Å². The van der Waals surface area contributed by atoms with Crippen molar-refractivity contribution in [1.82, 2.24) is 0 Å². The second kappa shape index (κ2) is 4.66. The van der Waals surface area contributed by atoms with E-state index in [9.17, 15) is 17.6 Å². The van der Waals surface area contributed by atoms with Gasteiger partial charge in [0.1, 0.15) is 5.82 Å². The van der Waals surface area contributed by atoms with Crippen LogP contribution in [0.15, 0.2) is 18.2 Å². The monoisotopic (exact) mass is 262 g/mol. The molecule has 0 aromatic heterocycles. The van der Waals surface area contributed by atoms with Crippen LogP contribution in [0.2, 0.25) is 0 Å². The fourth-order valence-electron chi connectivity index (χ4n) is 2.24. The van der Waals surface area contributed by atoms with Gasteiger partial charge in [-0.1, -0.05) is 0 Å². The number of alkyl halides is 3. The molecule has 1 fully saturated rings. The molecule has 2 rings (SSSR count). The molecule has 2 N–H and O–H groups in total. The van der Waals surface area contributed by atoms with E-state index < -0.39 is 17.9 Å². The summed E-state index contributed by atoms with van der Waals surface area (Å²) in [5.41, 5.74) is 5.87. The summed E-state index contributed by atoms with van der Waals surface area (Å²) in [6, 6.07) is 4.06. The molecule has 0 amide bonds. The van der Waals surface area contributed by atoms with Gasteiger partial charge in [-0.3, -0.25) is 0 Å². The Hall–Kier alpha value is -1.46. The quantitative estimate of drug-likeness (QED) is 0.622. The number of halogens is 4. The van der Waals surface area contributed by atoms with Crippen molar-refractivity contribution in [1.29, 1.82) is 0 Å². The normalized spacial score (nSPS) is 21.1. The van der Waals surface area contributed by atoms with Crippen molar-refractivity contribution in [3.05, 3.63) is 24.0 Å². The minimum atomic E-state index is -4.22. The van der Waals surface area contributed by atoms with Crippen LogP contribution < -0.4 is 10.6 Å². The number of nitrogens with zero attached hydrogens (tertiary/aromatic N) is 1. The van der Waals surface area contributed by atoms with Crippen molar-refractivity contribution in [2.24, 2.45) is 5.92 Å². The van der Waals surface area contributed by atoms with Crippen molar-refractivity contribution in [3.8, 4) is 0 Å². The molecule has 0 saturated carbocycles. The summed E-state index contributed by atoms with van der Waals surface area (Å²) in [4.78, 5) is 1.44. The molecule has 1 aromatic rings. The first kappa shape index (κ1) is 13.0. The van der Waals surface area contributed by atoms with E-state index in [2.05, 4.69) is 0 Å². The van der Waals surface area contributed by atoms with Crippen LogP contribution in [-0.2, 0) is 0 Å². The zero-order valence-electron chi connectivity index (χ0n) is 9.67. The minimum absolute atomic E-state index is 0.108. The van der Waals surface area contributed by atoms with E-state index in [0.717, 1.165) is 6.07 Å². The van der Waals surface area contributed by atoms with Crippen LogP contribution in [0.4, 0.5) is 28.9 Å². The molecule has 1 heterocycles. The molecule has 0 spiro atoms. The summed E-state index contributed by atoms with van der Waals surface area (Å²) in [7, 11) is 0. The Morgan fingerprint density at radius 1 is 1.28 bits per heavy atom. The molecule has 1 aliphatic rings. The number of hydrogen-bond acceptors (Lipinski definition) is 2. The van der Waals surface area contributed by atoms with Gasteiger partial charge in [0.2, 0.25) is 0 Å². The zero-order chi connectivity index (χ0) is 13.3. The predicted molar refractivity (Wildman–Crippen MR) is 61.8 cm³/mol. The van der Waals surface area contributed by atoms with Crippen LogP contribution in [0, 0.1) is 11.7 Å². The molecule has 18 heavy (non-hydrogen) atoms. The van der Waals surface area contributed by atoms with E-state index in [1.54, 1.807) is 0 Å². The second-order valence-corrected chi connectivity index (χ2v) is 4.54. The highest BCUT2D eigenvalue weighted by Crippen LogP contribution is 2.35. The number of hydrogen-bond donors (Lipinski definition) is 1. The average Bonchev–Trinajstić information content (AvgIpc) is 2.28. The lowest BCUT2D eigenvalue weighted by Crippen LogP contribution is -2.42. The maximum Gasteiger partial charge on any atom is 0.393 e. The molecule has 1 aliphatic heterocycles. The van der Waals surface area contributed by atoms with Crippen LogP contribution in [0.25, 0.3) is 0 Å². The number of rotatable bonds is 1. The number of nitrogen functional groups attached to an aromatic ring is 1. The van der Waals surface area contributed by atoms with Gasteiger partial charge in [-0.2, -0.15) is 13.2 Å². The Kier molecular flexibility index (Phi) is 3.36. The molecule has 1 saturated heterocycles. The van der Waals surface area contributed by atoms with E-state index in [-0.39, 0.29) is 24.3 Å². The lowest BCUT2D eigenvalue weighted by atomic mass is 9.97. The average molecular weight is 262 g/mol. The van der Waals surface area contributed by atoms with Gasteiger partial charge < -0.3 is 10.6 Å². The Labute approximate surface area is 102 Å². The summed E-state index contributed by atoms with van der Waals surface area (Å²) < 4.78 is 51.6. The molecular formula is C12H14F4N2. The summed E-state index contributed by atoms with van der Waals surface area (Å²) in [5.74, 6) is -1.96. The molecule has 0 radical (unpaired) electrons. The maximum atomic E-state index is 13.7. The van der Waals surface area contributed by atoms with E-state index >= 15 is 0 Å². The molecule has 100 valence electrons. The summed E-state index contributed by atoms with van der Waals surface area (Å²) in [6.45, 7) is 0.248. The SMILES string of the molecule is Nc1ccc(N2CCCC(C(F)(F)F)C2)c(F)c1. The van der Waals surface area contributed by atoms with Gasteiger partial charge in [-0.05, 0) is 31.0 Å². The smallest absolute Gasteiger partial charge is 0.393 e. The van der Waals surface area contributed by atoms with Gasteiger partial charge in [-0.25, -0.2) is 4.39 Å². The molecule has 0 bridgehead atoms. The Morgan fingerprint density at radius 2 is 2.00 bits per heavy atom. The van der Waals surface area contributed by atoms with Gasteiger partial charge in [0.05, 0.1) is 11.6 Å². The maximum absolute atomic E-state index is 13.7. The second-order valence-electron chi connectivity index (χ2n) is 4.54. The van der Waals surface area contributed by atoms with Crippen molar-refractivity contribution in [2.75, 3.05) is 23.7 Å². The van der Waals surface area contributed by atoms with E-state index in [1.807, 2.05) is 0 Å². The summed E-state index contributed by atoms with van der Waals surface area (Å²) in [6.07, 6.45) is -3.70. The van der Waals surface area contributed by atoms with Gasteiger partial charge in [-0.15, -0.1) is 0 Å². The first-order chi connectivity index (χ1) is 8.38. The van der Waals surface area contributed by atoms with E-state index in [1.165, 1.54) is 17.0 Å². The van der Waals surface area contributed by atoms with Crippen LogP contribution in [0.1, 0.15) is 12.8 Å². The van der Waals surface area contributed by atoms with Gasteiger partial charge in [0.25, 0.3) is 0 Å². The Morgan fingerprint density at radius 3 is 2.61 bits per heavy atom. The number of nitrogens with two attached hydrogens (primary N) is 1. The topological polar surface area (TPSA) is 29.3 Å². The van der Waals surface area contributed by atoms with Crippen LogP contribution in [0.5, 0.6) is 0 Å². The largest absolute Gasteiger partial charge is 0.399 e. The first-order valence-electron chi connectivity index (χ1n) is 5.74. The molecule has 2 nitrogen and oxygen atoms in total. The van der Waals surface area contributed by atoms with Crippen molar-refractivity contribution >= 4 is 11.4 Å². The summed E-state index contributed by atoms with van der Waals surface area (Å²) in [5, 5.41) is 0. The first-order valence-corrected chi connectivity index (χ1v) is 5.74. The lowest BCUT2D eigenvalue weighted by Gasteiger charge is -2.35. The highest BCUT2D eigenvalue weighted by molar-refractivity contribution is 5.54. The van der Waals surface area contributed by atoms with E-state index in [0.29, 0.717) is 13.0 Å². The third-order valence-electron chi connectivity index (χ3n) is 3.20. The fraction of sp³-hybridized carbons (Fsp3) is 0.500. The molecule has 1 aromatic carbocycles. The third kappa shape index (κ3) is 2.68. The molecular weight excluding hydrogens is 248 g/mol. The Bertz CT molecular complexity index is 431. The number of benzene rings is 1. The van der Waals surface area contributed by atoms with Gasteiger partial charge in [0.15, 0.2) is 0 Å². The predicted octanol–water partition coefficient (Wildman–Crippen LogP) is 3.19. The highest BCUT2D eigenvalue weighted by atomic mass is 19.4. The van der Waals surface area contributed by atoms with E-state index in [4.69, 9.17) is 5.73 Å². The van der Waals surface area contributed by atoms with Crippen molar-refractivity contribution < 1.29 is 17.6 Å². The van der Waals surface area contributed by atoms with Crippen molar-refractivity contribution in [3.63, 3.8) is 0 Å². The van der Waals surface area contributed by atoms with Crippen LogP contribution in [-0.4, -0.2) is 19.3 Å². The Balaban J connectivity index is 2.18. The molecule has 1 unspecified atom stereocenters. The van der Waals surface area contributed by atoms with Crippen LogP contribution in [0.3, 0.4) is 0 Å². The third-order valence-corrected chi connectivity index (χ3v) is 3.20. The van der Waals surface area contributed by atoms with Crippen molar-refractivity contribution in [2.45, 2.75) is 19.0 Å².